The van der Waals surface area contributed by atoms with E-state index in [4.69, 9.17) is 25.1 Å². The fourth-order valence-corrected chi connectivity index (χ4v) is 6.45. The first kappa shape index (κ1) is 34.3. The SMILES string of the molecule is CC(C)CN(CC(O)C(Cc1ccccc1)NC(=O)O[C@H]1CO[C@H]2OCC[C@H]21)S(=O)(=O)c1ccc(N)cc1.CCC(=O)O. The number of hydrogen-bond donors (Lipinski definition) is 4. The number of ether oxygens (including phenoxy) is 3. The molecular formula is C30H43N3O9S. The summed E-state index contributed by atoms with van der Waals surface area (Å²) in [5, 5.41) is 21.8. The van der Waals surface area contributed by atoms with Gasteiger partial charge in [0.1, 0.15) is 6.10 Å². The summed E-state index contributed by atoms with van der Waals surface area (Å²) in [6, 6.07) is 14.5. The number of benzene rings is 2. The number of nitrogens with one attached hydrogen (secondary N) is 1. The van der Waals surface area contributed by atoms with Gasteiger partial charge in [-0.15, -0.1) is 0 Å². The van der Waals surface area contributed by atoms with Gasteiger partial charge in [0.2, 0.25) is 10.0 Å². The number of carboxylic acid groups (broad SMARTS) is 1. The van der Waals surface area contributed by atoms with Crippen molar-refractivity contribution in [2.75, 3.05) is 32.0 Å². The van der Waals surface area contributed by atoms with Gasteiger partial charge in [-0.1, -0.05) is 51.1 Å². The number of nitrogen functional groups attached to an aromatic ring is 1. The number of aliphatic hydroxyl groups is 1. The van der Waals surface area contributed by atoms with Crippen LogP contribution in [0.1, 0.15) is 39.2 Å². The number of amides is 1. The molecule has 2 aromatic rings. The van der Waals surface area contributed by atoms with Gasteiger partial charge in [-0.05, 0) is 48.6 Å². The summed E-state index contributed by atoms with van der Waals surface area (Å²) in [5.74, 6) is -0.768. The molecule has 4 rings (SSSR count). The van der Waals surface area contributed by atoms with E-state index < -0.39 is 40.3 Å². The minimum atomic E-state index is -3.93. The first-order valence-corrected chi connectivity index (χ1v) is 15.8. The molecule has 2 aliphatic rings. The molecule has 0 aromatic heterocycles. The van der Waals surface area contributed by atoms with Gasteiger partial charge in [0.05, 0.1) is 36.2 Å². The maximum Gasteiger partial charge on any atom is 0.407 e. The number of nitrogens with two attached hydrogens (primary N) is 1. The highest BCUT2D eigenvalue weighted by atomic mass is 32.2. The van der Waals surface area contributed by atoms with Crippen molar-refractivity contribution in [3.05, 3.63) is 60.2 Å². The molecule has 0 spiro atoms. The van der Waals surface area contributed by atoms with E-state index in [1.165, 1.54) is 28.6 Å². The summed E-state index contributed by atoms with van der Waals surface area (Å²) in [6.07, 6.45) is -1.46. The zero-order valence-corrected chi connectivity index (χ0v) is 25.6. The van der Waals surface area contributed by atoms with E-state index in [0.717, 1.165) is 12.0 Å². The van der Waals surface area contributed by atoms with Crippen molar-refractivity contribution in [1.29, 1.82) is 0 Å². The molecule has 1 amide bonds. The van der Waals surface area contributed by atoms with Crippen molar-refractivity contribution in [1.82, 2.24) is 9.62 Å². The quantitative estimate of drug-likeness (QED) is 0.258. The van der Waals surface area contributed by atoms with Gasteiger partial charge in [-0.3, -0.25) is 4.79 Å². The molecular weight excluding hydrogens is 578 g/mol. The van der Waals surface area contributed by atoms with Crippen molar-refractivity contribution in [3.8, 4) is 0 Å². The molecule has 0 aliphatic carbocycles. The minimum absolute atomic E-state index is 0.000183. The summed E-state index contributed by atoms with van der Waals surface area (Å²) < 4.78 is 44.9. The van der Waals surface area contributed by atoms with Gasteiger partial charge in [-0.25, -0.2) is 13.2 Å². The van der Waals surface area contributed by atoms with Gasteiger partial charge in [0.15, 0.2) is 6.29 Å². The average Bonchev–Trinajstić information content (AvgIpc) is 3.58. The Kier molecular flexibility index (Phi) is 12.8. The maximum atomic E-state index is 13.5. The highest BCUT2D eigenvalue weighted by molar-refractivity contribution is 7.89. The normalized spacial score (nSPS) is 21.0. The van der Waals surface area contributed by atoms with E-state index in [2.05, 4.69) is 5.32 Å². The van der Waals surface area contributed by atoms with Gasteiger partial charge >= 0.3 is 12.1 Å². The summed E-state index contributed by atoms with van der Waals surface area (Å²) in [6.45, 7) is 6.18. The van der Waals surface area contributed by atoms with Crippen LogP contribution in [0.25, 0.3) is 0 Å². The summed E-state index contributed by atoms with van der Waals surface area (Å²) in [5.41, 5.74) is 7.07. The second-order valence-electron chi connectivity index (χ2n) is 11.0. The van der Waals surface area contributed by atoms with Crippen molar-refractivity contribution >= 4 is 27.8 Å². The largest absolute Gasteiger partial charge is 0.481 e. The second kappa shape index (κ2) is 16.0. The standard InChI is InChI=1S/C27H37N3O7S.C3H6O2/c1-18(2)15-30(38(33,34)21-10-8-20(28)9-11-21)16-24(31)23(14-19-6-4-3-5-7-19)29-27(32)37-25-17-36-26-22(25)12-13-35-26;1-2-3(4)5/h3-11,18,22-26,31H,12-17,28H2,1-2H3,(H,29,32);2H2,1H3,(H,4,5)/t22-,23?,24?,25-,26+;/m0./s1. The average molecular weight is 622 g/mol. The highest BCUT2D eigenvalue weighted by Crippen LogP contribution is 2.33. The van der Waals surface area contributed by atoms with E-state index in [1.807, 2.05) is 44.2 Å². The molecule has 0 saturated carbocycles. The number of aliphatic carboxylic acids is 1. The fraction of sp³-hybridized carbons (Fsp3) is 0.533. The summed E-state index contributed by atoms with van der Waals surface area (Å²) >= 11 is 0. The molecule has 13 heteroatoms. The molecule has 2 unspecified atom stereocenters. The number of carboxylic acids is 1. The van der Waals surface area contributed by atoms with Crippen LogP contribution in [0.5, 0.6) is 0 Å². The Morgan fingerprint density at radius 2 is 1.74 bits per heavy atom. The number of alkyl carbamates (subject to hydrolysis) is 1. The molecule has 5 atom stereocenters. The van der Waals surface area contributed by atoms with Gasteiger partial charge < -0.3 is 35.5 Å². The van der Waals surface area contributed by atoms with Crippen LogP contribution in [0.2, 0.25) is 0 Å². The van der Waals surface area contributed by atoms with E-state index in [9.17, 15) is 23.1 Å². The lowest BCUT2D eigenvalue weighted by Crippen LogP contribution is -2.51. The number of carbonyl (C=O) groups is 2. The second-order valence-corrected chi connectivity index (χ2v) is 12.9. The third kappa shape index (κ3) is 10.2. The van der Waals surface area contributed by atoms with Crippen LogP contribution in [-0.2, 0) is 35.4 Å². The number of hydrogen-bond acceptors (Lipinski definition) is 9. The number of sulfonamides is 1. The Labute approximate surface area is 253 Å². The van der Waals surface area contributed by atoms with E-state index in [-0.39, 0.29) is 55.6 Å². The van der Waals surface area contributed by atoms with Crippen LogP contribution in [0, 0.1) is 11.8 Å². The van der Waals surface area contributed by atoms with Crippen LogP contribution in [0.3, 0.4) is 0 Å². The van der Waals surface area contributed by atoms with Crippen molar-refractivity contribution in [3.63, 3.8) is 0 Å². The molecule has 238 valence electrons. The molecule has 0 bridgehead atoms. The lowest BCUT2D eigenvalue weighted by Gasteiger charge is -2.31. The van der Waals surface area contributed by atoms with Crippen LogP contribution in [0.4, 0.5) is 10.5 Å². The van der Waals surface area contributed by atoms with Crippen LogP contribution < -0.4 is 11.1 Å². The van der Waals surface area contributed by atoms with E-state index >= 15 is 0 Å². The molecule has 0 radical (unpaired) electrons. The Hall–Kier alpha value is -3.23. The Bertz CT molecular complexity index is 1280. The lowest BCUT2D eigenvalue weighted by atomic mass is 10.0. The fourth-order valence-electron chi connectivity index (χ4n) is 4.82. The van der Waals surface area contributed by atoms with Crippen LogP contribution >= 0.6 is 0 Å². The Morgan fingerprint density at radius 3 is 2.35 bits per heavy atom. The lowest BCUT2D eigenvalue weighted by molar-refractivity contribution is -0.136. The third-order valence-corrected chi connectivity index (χ3v) is 8.94. The number of carbonyl (C=O) groups excluding carboxylic acids is 1. The Morgan fingerprint density at radius 1 is 1.09 bits per heavy atom. The smallest absolute Gasteiger partial charge is 0.407 e. The third-order valence-electron chi connectivity index (χ3n) is 7.09. The molecule has 2 saturated heterocycles. The topological polar surface area (TPSA) is 178 Å². The molecule has 2 fully saturated rings. The zero-order valence-electron chi connectivity index (χ0n) is 24.8. The van der Waals surface area contributed by atoms with E-state index in [1.54, 1.807) is 6.92 Å². The number of aliphatic hydroxyl groups excluding tert-OH is 1. The maximum absolute atomic E-state index is 13.5. The molecule has 2 aromatic carbocycles. The molecule has 2 heterocycles. The van der Waals surface area contributed by atoms with Gasteiger partial charge in [-0.2, -0.15) is 4.31 Å². The number of rotatable bonds is 12. The first-order valence-electron chi connectivity index (χ1n) is 14.4. The summed E-state index contributed by atoms with van der Waals surface area (Å²) in [4.78, 5) is 22.4. The monoisotopic (exact) mass is 621 g/mol. The van der Waals surface area contributed by atoms with E-state index in [0.29, 0.717) is 12.3 Å². The number of anilines is 1. The van der Waals surface area contributed by atoms with Crippen molar-refractivity contribution in [2.24, 2.45) is 11.8 Å². The predicted octanol–water partition coefficient (Wildman–Crippen LogP) is 2.86. The number of fused-ring (bicyclic) bond motifs is 1. The molecule has 12 nitrogen and oxygen atoms in total. The van der Waals surface area contributed by atoms with Gasteiger partial charge in [0, 0.05) is 25.2 Å². The Balaban J connectivity index is 0.000000934. The molecule has 43 heavy (non-hydrogen) atoms. The van der Waals surface area contributed by atoms with Gasteiger partial charge in [0.25, 0.3) is 0 Å². The molecule has 2 aliphatic heterocycles. The highest BCUT2D eigenvalue weighted by Gasteiger charge is 2.44. The van der Waals surface area contributed by atoms with Crippen LogP contribution in [-0.4, -0.2) is 85.8 Å². The first-order chi connectivity index (χ1) is 20.4. The predicted molar refractivity (Wildman–Crippen MR) is 160 cm³/mol. The van der Waals surface area contributed by atoms with Crippen molar-refractivity contribution < 1.29 is 42.4 Å². The zero-order chi connectivity index (χ0) is 31.6. The molecule has 5 N–H and O–H groups in total. The van der Waals surface area contributed by atoms with Crippen molar-refractivity contribution in [2.45, 2.75) is 69.5 Å². The van der Waals surface area contributed by atoms with Crippen LogP contribution in [0.15, 0.2) is 59.5 Å². The summed E-state index contributed by atoms with van der Waals surface area (Å²) in [7, 11) is -3.93. The minimum Gasteiger partial charge on any atom is -0.481 e. The number of nitrogens with zero attached hydrogens (tertiary/aromatic N) is 1.